The molecule has 2 aromatic carbocycles. The predicted octanol–water partition coefficient (Wildman–Crippen LogP) is 2.77. The van der Waals surface area contributed by atoms with Gasteiger partial charge >= 0.3 is 154 Å². The molecule has 3 nitrogen and oxygen atoms in total. The van der Waals surface area contributed by atoms with E-state index in [-0.39, 0.29) is 26.8 Å². The topological polar surface area (TPSA) is 38.3 Å². The molecule has 24 heavy (non-hydrogen) atoms. The Morgan fingerprint density at radius 1 is 1.21 bits per heavy atom. The Balaban J connectivity index is 1.86. The zero-order chi connectivity index (χ0) is 17.0. The fourth-order valence-electron chi connectivity index (χ4n) is 3.02. The SMILES string of the molecule is CNCC1CC(C[Se]c2ccccc2)(c2ccc(Cl)cc2)OC1=O. The van der Waals surface area contributed by atoms with Crippen LogP contribution in [0.1, 0.15) is 12.0 Å². The van der Waals surface area contributed by atoms with Crippen molar-refractivity contribution in [2.75, 3.05) is 13.6 Å². The van der Waals surface area contributed by atoms with E-state index in [4.69, 9.17) is 16.3 Å². The van der Waals surface area contributed by atoms with Crippen molar-refractivity contribution in [1.29, 1.82) is 0 Å². The summed E-state index contributed by atoms with van der Waals surface area (Å²) < 4.78 is 7.27. The minimum absolute atomic E-state index is 0.0998. The summed E-state index contributed by atoms with van der Waals surface area (Å²) in [5, 5.41) is 4.62. The van der Waals surface area contributed by atoms with Gasteiger partial charge < -0.3 is 0 Å². The van der Waals surface area contributed by atoms with Gasteiger partial charge in [-0.05, 0) is 0 Å². The average molecular weight is 409 g/mol. The van der Waals surface area contributed by atoms with Crippen molar-refractivity contribution < 1.29 is 9.53 Å². The van der Waals surface area contributed by atoms with Crippen LogP contribution >= 0.6 is 11.6 Å². The molecular formula is C19H20ClNO2Se. The van der Waals surface area contributed by atoms with Crippen molar-refractivity contribution in [3.63, 3.8) is 0 Å². The van der Waals surface area contributed by atoms with Crippen molar-refractivity contribution in [1.82, 2.24) is 5.32 Å². The number of cyclic esters (lactones) is 1. The molecule has 5 heteroatoms. The second-order valence-corrected chi connectivity index (χ2v) is 8.62. The first-order chi connectivity index (χ1) is 11.6. The number of rotatable bonds is 6. The van der Waals surface area contributed by atoms with Gasteiger partial charge in [-0.3, -0.25) is 0 Å². The van der Waals surface area contributed by atoms with Gasteiger partial charge in [-0.1, -0.05) is 0 Å². The van der Waals surface area contributed by atoms with E-state index in [0.717, 1.165) is 10.9 Å². The molecule has 0 bridgehead atoms. The van der Waals surface area contributed by atoms with Crippen molar-refractivity contribution in [3.05, 3.63) is 65.2 Å². The second-order valence-electron chi connectivity index (χ2n) is 5.98. The maximum atomic E-state index is 12.4. The number of hydrogen-bond donors (Lipinski definition) is 1. The Hall–Kier alpha value is -1.32. The average Bonchev–Trinajstić information content (AvgIpc) is 2.92. The van der Waals surface area contributed by atoms with Crippen LogP contribution in [0.15, 0.2) is 54.6 Å². The summed E-state index contributed by atoms with van der Waals surface area (Å²) in [5.41, 5.74) is 0.496. The van der Waals surface area contributed by atoms with Crippen LogP contribution in [-0.2, 0) is 15.1 Å². The molecule has 1 aliphatic rings. The van der Waals surface area contributed by atoms with Crippen molar-refractivity contribution >= 4 is 37.0 Å². The summed E-state index contributed by atoms with van der Waals surface area (Å²) in [6, 6.07) is 18.1. The fourth-order valence-corrected chi connectivity index (χ4v) is 5.44. The van der Waals surface area contributed by atoms with Crippen LogP contribution in [0.25, 0.3) is 0 Å². The van der Waals surface area contributed by atoms with Crippen LogP contribution in [0.2, 0.25) is 10.3 Å². The number of esters is 1. The molecule has 0 spiro atoms. The normalized spacial score (nSPS) is 23.2. The first-order valence-electron chi connectivity index (χ1n) is 7.94. The number of benzene rings is 2. The van der Waals surface area contributed by atoms with Crippen molar-refractivity contribution in [2.45, 2.75) is 17.3 Å². The summed E-state index contributed by atoms with van der Waals surface area (Å²) in [5.74, 6) is -0.208. The first-order valence-corrected chi connectivity index (χ1v) is 10.4. The third kappa shape index (κ3) is 3.84. The Labute approximate surface area is 153 Å². The zero-order valence-corrected chi connectivity index (χ0v) is 16.0. The molecule has 0 saturated carbocycles. The van der Waals surface area contributed by atoms with E-state index in [1.807, 2.05) is 37.4 Å². The molecule has 1 heterocycles. The second kappa shape index (κ2) is 7.71. The predicted molar refractivity (Wildman–Crippen MR) is 97.9 cm³/mol. The minimum atomic E-state index is -0.543. The molecule has 3 rings (SSSR count). The molecule has 0 aromatic heterocycles. The van der Waals surface area contributed by atoms with E-state index in [0.29, 0.717) is 18.0 Å². The van der Waals surface area contributed by atoms with Crippen LogP contribution in [0.3, 0.4) is 0 Å². The summed E-state index contributed by atoms with van der Waals surface area (Å²) in [4.78, 5) is 12.4. The van der Waals surface area contributed by atoms with E-state index in [2.05, 4.69) is 29.6 Å². The van der Waals surface area contributed by atoms with Gasteiger partial charge in [0.05, 0.1) is 0 Å². The molecule has 2 aromatic rings. The van der Waals surface area contributed by atoms with E-state index in [1.54, 1.807) is 0 Å². The van der Waals surface area contributed by atoms with Crippen LogP contribution < -0.4 is 9.78 Å². The van der Waals surface area contributed by atoms with Gasteiger partial charge in [0.1, 0.15) is 0 Å². The van der Waals surface area contributed by atoms with Gasteiger partial charge in [-0.25, -0.2) is 0 Å². The van der Waals surface area contributed by atoms with Crippen molar-refractivity contribution in [2.24, 2.45) is 5.92 Å². The summed E-state index contributed by atoms with van der Waals surface area (Å²) >= 11 is 6.26. The monoisotopic (exact) mass is 409 g/mol. The summed E-state index contributed by atoms with van der Waals surface area (Å²) in [7, 11) is 1.86. The van der Waals surface area contributed by atoms with Crippen LogP contribution in [0.5, 0.6) is 0 Å². The van der Waals surface area contributed by atoms with Gasteiger partial charge in [0.25, 0.3) is 0 Å². The van der Waals surface area contributed by atoms with E-state index >= 15 is 0 Å². The zero-order valence-electron chi connectivity index (χ0n) is 13.5. The van der Waals surface area contributed by atoms with E-state index < -0.39 is 5.60 Å². The molecule has 1 aliphatic heterocycles. The molecule has 0 amide bonds. The number of ether oxygens (including phenoxy) is 1. The Morgan fingerprint density at radius 2 is 1.92 bits per heavy atom. The van der Waals surface area contributed by atoms with E-state index in [9.17, 15) is 4.79 Å². The molecule has 2 atom stereocenters. The van der Waals surface area contributed by atoms with Crippen molar-refractivity contribution in [3.8, 4) is 0 Å². The third-order valence-corrected chi connectivity index (χ3v) is 7.05. The van der Waals surface area contributed by atoms with Gasteiger partial charge in [0, 0.05) is 0 Å². The fraction of sp³-hybridized carbons (Fsp3) is 0.316. The van der Waals surface area contributed by atoms with Gasteiger partial charge in [0.15, 0.2) is 0 Å². The van der Waals surface area contributed by atoms with Crippen LogP contribution in [0, 0.1) is 5.92 Å². The summed E-state index contributed by atoms with van der Waals surface area (Å²) in [6.45, 7) is 0.645. The third-order valence-electron chi connectivity index (χ3n) is 4.24. The Bertz CT molecular complexity index is 692. The molecular weight excluding hydrogens is 389 g/mol. The maximum absolute atomic E-state index is 12.4. The Kier molecular flexibility index (Phi) is 5.62. The number of carbonyl (C=O) groups is 1. The van der Waals surface area contributed by atoms with Crippen LogP contribution in [0.4, 0.5) is 0 Å². The van der Waals surface area contributed by atoms with Gasteiger partial charge in [0.2, 0.25) is 0 Å². The molecule has 1 fully saturated rings. The summed E-state index contributed by atoms with van der Waals surface area (Å²) in [6.07, 6.45) is 0.711. The number of hydrogen-bond acceptors (Lipinski definition) is 3. The molecule has 0 aliphatic carbocycles. The van der Waals surface area contributed by atoms with Gasteiger partial charge in [-0.15, -0.1) is 0 Å². The Morgan fingerprint density at radius 3 is 2.58 bits per heavy atom. The number of nitrogens with one attached hydrogen (secondary N) is 1. The van der Waals surface area contributed by atoms with E-state index in [1.165, 1.54) is 4.46 Å². The van der Waals surface area contributed by atoms with Gasteiger partial charge in [-0.2, -0.15) is 0 Å². The number of carbonyl (C=O) groups excluding carboxylic acids is 1. The molecule has 1 saturated heterocycles. The molecule has 1 N–H and O–H groups in total. The molecule has 0 radical (unpaired) electrons. The molecule has 126 valence electrons. The first kappa shape index (κ1) is 17.5. The quantitative estimate of drug-likeness (QED) is 0.590. The standard InChI is InChI=1S/C19H20ClNO2Se/c1-21-12-14-11-19(23-18(14)22,15-7-9-16(20)10-8-15)13-24-17-5-3-2-4-6-17/h2-10,14,21H,11-13H2,1H3. The van der Waals surface area contributed by atoms with Crippen LogP contribution in [-0.4, -0.2) is 34.5 Å². The molecule has 2 unspecified atom stereocenters. The number of halogens is 1.